The molecule has 2 aromatic carbocycles. The van der Waals surface area contributed by atoms with Crippen LogP contribution in [0.15, 0.2) is 42.5 Å². The Labute approximate surface area is 171 Å². The molecule has 0 radical (unpaired) electrons. The van der Waals surface area contributed by atoms with Gasteiger partial charge in [-0.1, -0.05) is 12.1 Å². The molecule has 152 valence electrons. The molecule has 2 aliphatic rings. The van der Waals surface area contributed by atoms with Gasteiger partial charge < -0.3 is 20.9 Å². The van der Waals surface area contributed by atoms with Crippen molar-refractivity contribution >= 4 is 28.9 Å². The minimum Gasteiger partial charge on any atom is -0.353 e. The number of anilines is 3. The van der Waals surface area contributed by atoms with Crippen molar-refractivity contribution in [3.63, 3.8) is 0 Å². The number of para-hydroxylation sites is 1. The number of quaternary nitrogens is 1. The van der Waals surface area contributed by atoms with E-state index in [2.05, 4.69) is 16.0 Å². The van der Waals surface area contributed by atoms with Crippen LogP contribution >= 0.6 is 0 Å². The summed E-state index contributed by atoms with van der Waals surface area (Å²) in [5.41, 5.74) is 3.30. The SMILES string of the molecule is O=C(NCCC[NH+]1CCCCCC1)c1ccc2c(c1)NC(=O)c1ccccc1N2. The molecule has 0 aromatic heterocycles. The highest BCUT2D eigenvalue weighted by Gasteiger charge is 2.19. The second-order valence-corrected chi connectivity index (χ2v) is 7.91. The zero-order valence-corrected chi connectivity index (χ0v) is 16.7. The Kier molecular flexibility index (Phi) is 6.10. The number of amides is 2. The van der Waals surface area contributed by atoms with E-state index in [0.29, 0.717) is 23.4 Å². The lowest BCUT2D eigenvalue weighted by atomic mass is 10.1. The molecule has 6 heteroatoms. The molecule has 0 aliphatic carbocycles. The first-order valence-electron chi connectivity index (χ1n) is 10.6. The van der Waals surface area contributed by atoms with Gasteiger partial charge in [-0.2, -0.15) is 0 Å². The number of carbonyl (C=O) groups is 2. The fourth-order valence-electron chi connectivity index (χ4n) is 4.14. The molecule has 0 spiro atoms. The molecule has 4 rings (SSSR count). The Morgan fingerprint density at radius 1 is 0.931 bits per heavy atom. The van der Waals surface area contributed by atoms with Crippen LogP contribution in [0.2, 0.25) is 0 Å². The summed E-state index contributed by atoms with van der Waals surface area (Å²) >= 11 is 0. The zero-order chi connectivity index (χ0) is 20.1. The molecule has 6 nitrogen and oxygen atoms in total. The van der Waals surface area contributed by atoms with Crippen LogP contribution in [0.5, 0.6) is 0 Å². The Hall–Kier alpha value is -2.86. The molecule has 0 atom stereocenters. The molecule has 0 unspecified atom stereocenters. The van der Waals surface area contributed by atoms with Crippen molar-refractivity contribution in [1.29, 1.82) is 0 Å². The van der Waals surface area contributed by atoms with Crippen molar-refractivity contribution in [2.24, 2.45) is 0 Å². The van der Waals surface area contributed by atoms with Crippen molar-refractivity contribution in [3.05, 3.63) is 53.6 Å². The Bertz CT molecular complexity index is 888. The number of fused-ring (bicyclic) bond motifs is 2. The first-order chi connectivity index (χ1) is 14.2. The topological polar surface area (TPSA) is 74.7 Å². The van der Waals surface area contributed by atoms with Crippen LogP contribution in [-0.4, -0.2) is 38.0 Å². The number of likely N-dealkylation sites (tertiary alicyclic amines) is 1. The van der Waals surface area contributed by atoms with Crippen molar-refractivity contribution in [1.82, 2.24) is 5.32 Å². The minimum absolute atomic E-state index is 0.102. The normalized spacial score (nSPS) is 16.5. The summed E-state index contributed by atoms with van der Waals surface area (Å²) in [6.45, 7) is 4.31. The lowest BCUT2D eigenvalue weighted by Gasteiger charge is -2.17. The smallest absolute Gasteiger partial charge is 0.257 e. The number of hydrogen-bond donors (Lipinski definition) is 4. The van der Waals surface area contributed by atoms with Crippen molar-refractivity contribution in [2.75, 3.05) is 36.8 Å². The maximum atomic E-state index is 12.6. The van der Waals surface area contributed by atoms with E-state index >= 15 is 0 Å². The fraction of sp³-hybridized carbons (Fsp3) is 0.391. The number of rotatable bonds is 5. The van der Waals surface area contributed by atoms with Gasteiger partial charge in [0.05, 0.1) is 42.3 Å². The Balaban J connectivity index is 1.34. The number of nitrogens with one attached hydrogen (secondary N) is 4. The van der Waals surface area contributed by atoms with Crippen LogP contribution in [0.3, 0.4) is 0 Å². The maximum Gasteiger partial charge on any atom is 0.257 e. The fourth-order valence-corrected chi connectivity index (χ4v) is 4.14. The first-order valence-corrected chi connectivity index (χ1v) is 10.6. The summed E-state index contributed by atoms with van der Waals surface area (Å²) < 4.78 is 0. The van der Waals surface area contributed by atoms with Crippen LogP contribution in [0, 0.1) is 0 Å². The molecule has 0 saturated carbocycles. The molecule has 0 bridgehead atoms. The van der Waals surface area contributed by atoms with E-state index in [1.165, 1.54) is 38.8 Å². The van der Waals surface area contributed by atoms with Gasteiger partial charge in [0.15, 0.2) is 0 Å². The van der Waals surface area contributed by atoms with Crippen LogP contribution < -0.4 is 20.9 Å². The quantitative estimate of drug-likeness (QED) is 0.590. The van der Waals surface area contributed by atoms with Gasteiger partial charge >= 0.3 is 0 Å². The maximum absolute atomic E-state index is 12.6. The van der Waals surface area contributed by atoms with Gasteiger partial charge in [0.1, 0.15) is 0 Å². The third-order valence-electron chi connectivity index (χ3n) is 5.77. The summed E-state index contributed by atoms with van der Waals surface area (Å²) in [6, 6.07) is 12.7. The van der Waals surface area contributed by atoms with Crippen molar-refractivity contribution in [2.45, 2.75) is 32.1 Å². The minimum atomic E-state index is -0.176. The van der Waals surface area contributed by atoms with Gasteiger partial charge in [0.25, 0.3) is 11.8 Å². The average molecular weight is 394 g/mol. The van der Waals surface area contributed by atoms with Crippen molar-refractivity contribution in [3.8, 4) is 0 Å². The third-order valence-corrected chi connectivity index (χ3v) is 5.77. The second kappa shape index (κ2) is 9.09. The van der Waals surface area contributed by atoms with E-state index in [4.69, 9.17) is 0 Å². The molecule has 1 saturated heterocycles. The van der Waals surface area contributed by atoms with Crippen LogP contribution in [0.1, 0.15) is 52.8 Å². The Morgan fingerprint density at radius 3 is 2.55 bits per heavy atom. The largest absolute Gasteiger partial charge is 0.353 e. The van der Waals surface area contributed by atoms with Gasteiger partial charge in [-0.15, -0.1) is 0 Å². The van der Waals surface area contributed by atoms with Gasteiger partial charge in [0, 0.05) is 18.5 Å². The molecule has 2 heterocycles. The average Bonchev–Trinajstić information content (AvgIpc) is 3.08. The second-order valence-electron chi connectivity index (χ2n) is 7.91. The Morgan fingerprint density at radius 2 is 1.72 bits per heavy atom. The highest BCUT2D eigenvalue weighted by Crippen LogP contribution is 2.32. The molecule has 2 amide bonds. The standard InChI is InChI=1S/C23H28N4O2/c28-22(24-12-7-15-27-13-5-1-2-6-14-27)17-10-11-20-21(16-17)26-23(29)18-8-3-4-9-19(18)25-20/h3-4,8-11,16,25H,1-2,5-7,12-15H2,(H,24,28)(H,26,29)/p+1. The predicted octanol–water partition coefficient (Wildman–Crippen LogP) is 2.57. The molecular formula is C23H29N4O2+. The van der Waals surface area contributed by atoms with E-state index in [9.17, 15) is 9.59 Å². The van der Waals surface area contributed by atoms with E-state index in [0.717, 1.165) is 24.3 Å². The number of hydrogen-bond acceptors (Lipinski definition) is 3. The van der Waals surface area contributed by atoms with Gasteiger partial charge in [-0.3, -0.25) is 9.59 Å². The van der Waals surface area contributed by atoms with Gasteiger partial charge in [-0.25, -0.2) is 0 Å². The van der Waals surface area contributed by atoms with E-state index in [1.807, 2.05) is 24.3 Å². The lowest BCUT2D eigenvalue weighted by molar-refractivity contribution is -0.899. The van der Waals surface area contributed by atoms with Crippen molar-refractivity contribution < 1.29 is 14.5 Å². The number of carbonyl (C=O) groups excluding carboxylic acids is 2. The van der Waals surface area contributed by atoms with Crippen LogP contribution in [-0.2, 0) is 0 Å². The van der Waals surface area contributed by atoms with E-state index in [1.54, 1.807) is 23.1 Å². The molecule has 29 heavy (non-hydrogen) atoms. The third kappa shape index (κ3) is 4.77. The predicted molar refractivity (Wildman–Crippen MR) is 115 cm³/mol. The van der Waals surface area contributed by atoms with Gasteiger partial charge in [-0.05, 0) is 56.0 Å². The van der Waals surface area contributed by atoms with Crippen LogP contribution in [0.4, 0.5) is 17.1 Å². The highest BCUT2D eigenvalue weighted by molar-refractivity contribution is 6.12. The van der Waals surface area contributed by atoms with Gasteiger partial charge in [0.2, 0.25) is 0 Å². The molecule has 1 fully saturated rings. The monoisotopic (exact) mass is 393 g/mol. The molecular weight excluding hydrogens is 364 g/mol. The summed E-state index contributed by atoms with van der Waals surface area (Å²) in [7, 11) is 0. The summed E-state index contributed by atoms with van der Waals surface area (Å²) in [5.74, 6) is -0.278. The van der Waals surface area contributed by atoms with E-state index in [-0.39, 0.29) is 11.8 Å². The van der Waals surface area contributed by atoms with E-state index < -0.39 is 0 Å². The summed E-state index contributed by atoms with van der Waals surface area (Å²) in [5, 5.41) is 9.20. The molecule has 2 aliphatic heterocycles. The zero-order valence-electron chi connectivity index (χ0n) is 16.7. The van der Waals surface area contributed by atoms with Crippen LogP contribution in [0.25, 0.3) is 0 Å². The summed E-state index contributed by atoms with van der Waals surface area (Å²) in [4.78, 5) is 26.7. The molecule has 2 aromatic rings. The number of benzene rings is 2. The highest BCUT2D eigenvalue weighted by atomic mass is 16.2. The lowest BCUT2D eigenvalue weighted by Crippen LogP contribution is -3.11. The summed E-state index contributed by atoms with van der Waals surface area (Å²) in [6.07, 6.45) is 6.34. The molecule has 4 N–H and O–H groups in total. The first kappa shape index (κ1) is 19.5.